The van der Waals surface area contributed by atoms with E-state index in [0.717, 1.165) is 18.4 Å². The van der Waals surface area contributed by atoms with Crippen molar-refractivity contribution in [2.24, 2.45) is 22.2 Å². The molecule has 1 N–H and O–H groups in total. The second-order valence-electron chi connectivity index (χ2n) is 8.52. The van der Waals surface area contributed by atoms with Crippen LogP contribution in [0.25, 0.3) is 0 Å². The van der Waals surface area contributed by atoms with Crippen LogP contribution in [0.15, 0.2) is 34.9 Å². The van der Waals surface area contributed by atoms with Gasteiger partial charge < -0.3 is 5.11 Å². The van der Waals surface area contributed by atoms with Gasteiger partial charge in [0.1, 0.15) is 6.07 Å². The molecular weight excluding hydrogens is 302 g/mol. The van der Waals surface area contributed by atoms with Crippen molar-refractivity contribution in [3.63, 3.8) is 0 Å². The van der Waals surface area contributed by atoms with Crippen molar-refractivity contribution in [3.8, 4) is 6.07 Å². The predicted molar refractivity (Wildman–Crippen MR) is 89.8 cm³/mol. The zero-order valence-corrected chi connectivity index (χ0v) is 14.6. The first-order valence-corrected chi connectivity index (χ1v) is 8.38. The lowest BCUT2D eigenvalue weighted by atomic mass is 9.46. The molecule has 3 atom stereocenters. The van der Waals surface area contributed by atoms with Gasteiger partial charge in [-0.25, -0.2) is 4.79 Å². The van der Waals surface area contributed by atoms with Gasteiger partial charge in [0, 0.05) is 16.4 Å². The fourth-order valence-electron chi connectivity index (χ4n) is 5.38. The summed E-state index contributed by atoms with van der Waals surface area (Å²) in [5.41, 5.74) is 0.587. The highest BCUT2D eigenvalue weighted by Crippen LogP contribution is 2.64. The van der Waals surface area contributed by atoms with Crippen molar-refractivity contribution in [2.75, 3.05) is 0 Å². The molecule has 3 rings (SSSR count). The Balaban J connectivity index is 2.21. The highest BCUT2D eigenvalue weighted by molar-refractivity contribution is 6.09. The van der Waals surface area contributed by atoms with Gasteiger partial charge in [-0.1, -0.05) is 39.8 Å². The Labute approximate surface area is 142 Å². The van der Waals surface area contributed by atoms with Gasteiger partial charge in [-0.05, 0) is 42.2 Å². The van der Waals surface area contributed by atoms with Gasteiger partial charge in [-0.15, -0.1) is 0 Å². The average molecular weight is 325 g/mol. The number of carboxylic acids is 1. The third kappa shape index (κ3) is 2.18. The molecule has 0 saturated heterocycles. The van der Waals surface area contributed by atoms with Crippen LogP contribution < -0.4 is 0 Å². The van der Waals surface area contributed by atoms with Crippen LogP contribution in [0.1, 0.15) is 47.0 Å². The second-order valence-corrected chi connectivity index (χ2v) is 8.52. The average Bonchev–Trinajstić information content (AvgIpc) is 2.46. The summed E-state index contributed by atoms with van der Waals surface area (Å²) in [7, 11) is 0. The monoisotopic (exact) mass is 325 g/mol. The molecule has 1 saturated carbocycles. The fourth-order valence-corrected chi connectivity index (χ4v) is 5.38. The summed E-state index contributed by atoms with van der Waals surface area (Å²) in [6.07, 6.45) is 7.62. The van der Waals surface area contributed by atoms with E-state index in [-0.39, 0.29) is 28.1 Å². The lowest BCUT2D eigenvalue weighted by molar-refractivity contribution is -0.133. The first-order chi connectivity index (χ1) is 11.0. The Morgan fingerprint density at radius 3 is 2.54 bits per heavy atom. The summed E-state index contributed by atoms with van der Waals surface area (Å²) in [6.45, 7) is 8.36. The standard InChI is InChI=1S/C20H23NO3/c1-18(2)8-12(17(23)24)10-20(4)15(18)5-6-19(3)9-13(11-21)14(22)7-16(19)20/h7,9-10,15H,5-6,8H2,1-4H3,(H,23,24)/t15?,19?,20-/m0/s1. The van der Waals surface area contributed by atoms with Crippen molar-refractivity contribution in [1.29, 1.82) is 5.26 Å². The third-order valence-corrected chi connectivity index (χ3v) is 6.33. The first-order valence-electron chi connectivity index (χ1n) is 8.38. The number of aliphatic carboxylic acids is 1. The molecule has 24 heavy (non-hydrogen) atoms. The molecule has 0 spiro atoms. The maximum Gasteiger partial charge on any atom is 0.331 e. The van der Waals surface area contributed by atoms with Crippen LogP contribution in [0.3, 0.4) is 0 Å². The van der Waals surface area contributed by atoms with Gasteiger partial charge >= 0.3 is 5.97 Å². The Hall–Kier alpha value is -2.15. The molecule has 0 aromatic rings. The van der Waals surface area contributed by atoms with Gasteiger partial charge in [-0.2, -0.15) is 5.26 Å². The Kier molecular flexibility index (Phi) is 3.43. The quantitative estimate of drug-likeness (QED) is 0.795. The normalized spacial score (nSPS) is 37.2. The number of hydrogen-bond acceptors (Lipinski definition) is 3. The Morgan fingerprint density at radius 2 is 1.96 bits per heavy atom. The van der Waals surface area contributed by atoms with Crippen molar-refractivity contribution in [1.82, 2.24) is 0 Å². The number of rotatable bonds is 1. The third-order valence-electron chi connectivity index (χ3n) is 6.33. The maximum atomic E-state index is 12.3. The van der Waals surface area contributed by atoms with Gasteiger partial charge in [0.2, 0.25) is 0 Å². The summed E-state index contributed by atoms with van der Waals surface area (Å²) in [4.78, 5) is 24.0. The van der Waals surface area contributed by atoms with Crippen molar-refractivity contribution >= 4 is 11.8 Å². The molecule has 4 nitrogen and oxygen atoms in total. The molecule has 4 heteroatoms. The summed E-state index contributed by atoms with van der Waals surface area (Å²) in [6, 6.07) is 2.00. The van der Waals surface area contributed by atoms with Crippen LogP contribution in [0, 0.1) is 33.5 Å². The lowest BCUT2D eigenvalue weighted by Gasteiger charge is -2.58. The minimum atomic E-state index is -0.883. The topological polar surface area (TPSA) is 78.2 Å². The van der Waals surface area contributed by atoms with E-state index in [4.69, 9.17) is 0 Å². The largest absolute Gasteiger partial charge is 0.478 e. The summed E-state index contributed by atoms with van der Waals surface area (Å²) in [5.74, 6) is -0.871. The van der Waals surface area contributed by atoms with Gasteiger partial charge in [0.05, 0.1) is 5.57 Å². The zero-order valence-electron chi connectivity index (χ0n) is 14.6. The molecule has 0 heterocycles. The summed E-state index contributed by atoms with van der Waals surface area (Å²) < 4.78 is 0. The SMILES string of the molecule is CC12C=C(C#N)C(=O)C=C1[C@@]1(C)C=C(C(=O)O)CC(C)(C)C1CC2. The maximum absolute atomic E-state index is 12.3. The molecule has 2 unspecified atom stereocenters. The van der Waals surface area contributed by atoms with Gasteiger partial charge in [0.25, 0.3) is 0 Å². The minimum Gasteiger partial charge on any atom is -0.478 e. The van der Waals surface area contributed by atoms with E-state index >= 15 is 0 Å². The lowest BCUT2D eigenvalue weighted by Crippen LogP contribution is -2.50. The number of nitrogens with zero attached hydrogens (tertiary/aromatic N) is 1. The smallest absolute Gasteiger partial charge is 0.331 e. The number of ketones is 1. The number of nitriles is 1. The van der Waals surface area contributed by atoms with Crippen LogP contribution in [0.4, 0.5) is 0 Å². The number of hydrogen-bond donors (Lipinski definition) is 1. The molecule has 0 aromatic heterocycles. The molecule has 0 aromatic carbocycles. The van der Waals surface area contributed by atoms with E-state index in [1.165, 1.54) is 0 Å². The highest BCUT2D eigenvalue weighted by Gasteiger charge is 2.56. The molecular formula is C20H23NO3. The predicted octanol–water partition coefficient (Wildman–Crippen LogP) is 3.81. The fraction of sp³-hybridized carbons (Fsp3) is 0.550. The van der Waals surface area contributed by atoms with Crippen molar-refractivity contribution < 1.29 is 14.7 Å². The van der Waals surface area contributed by atoms with Gasteiger partial charge in [-0.3, -0.25) is 4.79 Å². The van der Waals surface area contributed by atoms with Crippen LogP contribution in [0.5, 0.6) is 0 Å². The van der Waals surface area contributed by atoms with E-state index in [2.05, 4.69) is 27.7 Å². The van der Waals surface area contributed by atoms with Crippen LogP contribution in [0.2, 0.25) is 0 Å². The van der Waals surface area contributed by atoms with Crippen LogP contribution >= 0.6 is 0 Å². The van der Waals surface area contributed by atoms with E-state index in [1.54, 1.807) is 12.2 Å². The van der Waals surface area contributed by atoms with E-state index in [1.807, 2.05) is 12.1 Å². The van der Waals surface area contributed by atoms with Crippen molar-refractivity contribution in [2.45, 2.75) is 47.0 Å². The highest BCUT2D eigenvalue weighted by atomic mass is 16.4. The number of carbonyl (C=O) groups is 2. The van der Waals surface area contributed by atoms with E-state index in [0.29, 0.717) is 12.0 Å². The van der Waals surface area contributed by atoms with Crippen LogP contribution in [-0.2, 0) is 9.59 Å². The van der Waals surface area contributed by atoms with Gasteiger partial charge in [0.15, 0.2) is 5.78 Å². The molecule has 0 radical (unpaired) electrons. The number of allylic oxidation sites excluding steroid dienone is 5. The zero-order chi connectivity index (χ0) is 17.9. The number of fused-ring (bicyclic) bond motifs is 3. The number of carboxylic acid groups (broad SMARTS) is 1. The molecule has 0 amide bonds. The molecule has 0 aliphatic heterocycles. The first kappa shape index (κ1) is 16.7. The summed E-state index contributed by atoms with van der Waals surface area (Å²) in [5, 5.41) is 18.8. The van der Waals surface area contributed by atoms with E-state index in [9.17, 15) is 20.0 Å². The second kappa shape index (κ2) is 4.92. The molecule has 3 aliphatic carbocycles. The molecule has 3 aliphatic rings. The summed E-state index contributed by atoms with van der Waals surface area (Å²) >= 11 is 0. The Bertz CT molecular complexity index is 777. The number of carbonyl (C=O) groups excluding carboxylic acids is 1. The minimum absolute atomic E-state index is 0.151. The Morgan fingerprint density at radius 1 is 1.29 bits per heavy atom. The van der Waals surface area contributed by atoms with E-state index < -0.39 is 11.4 Å². The molecule has 0 bridgehead atoms. The molecule has 1 fully saturated rings. The molecule has 126 valence electrons. The van der Waals surface area contributed by atoms with Crippen molar-refractivity contribution in [3.05, 3.63) is 34.9 Å². The van der Waals surface area contributed by atoms with Crippen LogP contribution in [-0.4, -0.2) is 16.9 Å².